The number of hydrogen-bond acceptors (Lipinski definition) is 7. The van der Waals surface area contributed by atoms with E-state index < -0.39 is 41.9 Å². The minimum atomic E-state index is -1.59. The van der Waals surface area contributed by atoms with E-state index in [0.717, 1.165) is 29.0 Å². The van der Waals surface area contributed by atoms with Gasteiger partial charge in [-0.2, -0.15) is 0 Å². The Morgan fingerprint density at radius 2 is 1.62 bits per heavy atom. The first-order valence-electron chi connectivity index (χ1n) is 16.3. The van der Waals surface area contributed by atoms with E-state index in [4.69, 9.17) is 4.74 Å². The number of H-pyrrole nitrogens is 1. The number of aliphatic hydroxyl groups is 1. The highest BCUT2D eigenvalue weighted by Crippen LogP contribution is 2.23. The fraction of sp³-hybridized carbons (Fsp3) is 0.378. The molecule has 3 unspecified atom stereocenters. The molecule has 3 aromatic carbocycles. The van der Waals surface area contributed by atoms with Crippen molar-refractivity contribution in [2.75, 3.05) is 13.7 Å². The number of hydrogen-bond donors (Lipinski definition) is 5. The summed E-state index contributed by atoms with van der Waals surface area (Å²) in [6, 6.07) is 21.4. The molecule has 0 fully saturated rings. The van der Waals surface area contributed by atoms with Gasteiger partial charge in [0.2, 0.25) is 17.7 Å². The average Bonchev–Trinajstić information content (AvgIpc) is 3.60. The number of rotatable bonds is 17. The van der Waals surface area contributed by atoms with Crippen LogP contribution < -0.4 is 16.0 Å². The second-order valence-corrected chi connectivity index (χ2v) is 12.4. The zero-order valence-electron chi connectivity index (χ0n) is 27.6. The highest BCUT2D eigenvalue weighted by Gasteiger charge is 2.33. The van der Waals surface area contributed by atoms with Gasteiger partial charge in [0.25, 0.3) is 0 Å². The van der Waals surface area contributed by atoms with Crippen LogP contribution in [0.1, 0.15) is 43.5 Å². The van der Waals surface area contributed by atoms with Crippen LogP contribution >= 0.6 is 0 Å². The smallest absolute Gasteiger partial charge is 0.336 e. The molecule has 1 heterocycles. The van der Waals surface area contributed by atoms with E-state index in [9.17, 15) is 24.3 Å². The standard InChI is InChI=1S/C37H45N5O6/c1-24(2)18-31(34(44)37(47)48-3)41-36(46)32(21-29-22-38-23-40-29)42-35(45)28(19-27-14-9-13-26-12-7-8-15-30(26)27)20-33(43)39-17-16-25-10-5-4-6-11-25/h4-15,22-24,28,31-32,34,44H,16-21H2,1-3H3,(H,38,40)(H,39,43)(H,41,46)(H,42,45)/t28?,31?,32?,34-/m1/s1. The van der Waals surface area contributed by atoms with Crippen molar-refractivity contribution in [1.82, 2.24) is 25.9 Å². The van der Waals surface area contributed by atoms with E-state index in [0.29, 0.717) is 25.1 Å². The highest BCUT2D eigenvalue weighted by atomic mass is 16.5. The summed E-state index contributed by atoms with van der Waals surface area (Å²) in [7, 11) is 1.16. The van der Waals surface area contributed by atoms with Crippen LogP contribution in [-0.4, -0.2) is 70.6 Å². The van der Waals surface area contributed by atoms with Crippen molar-refractivity contribution in [3.8, 4) is 0 Å². The summed E-state index contributed by atoms with van der Waals surface area (Å²) in [6.07, 6.45) is 2.59. The van der Waals surface area contributed by atoms with Gasteiger partial charge in [-0.15, -0.1) is 0 Å². The fourth-order valence-electron chi connectivity index (χ4n) is 5.74. The minimum absolute atomic E-state index is 0.0285. The Morgan fingerprint density at radius 3 is 2.33 bits per heavy atom. The van der Waals surface area contributed by atoms with E-state index in [1.54, 1.807) is 6.20 Å². The van der Waals surface area contributed by atoms with Crippen LogP contribution in [0.5, 0.6) is 0 Å². The molecular weight excluding hydrogens is 610 g/mol. The number of aliphatic hydroxyl groups excluding tert-OH is 1. The lowest BCUT2D eigenvalue weighted by Crippen LogP contribution is -2.56. The molecule has 0 bridgehead atoms. The molecule has 254 valence electrons. The number of benzene rings is 3. The van der Waals surface area contributed by atoms with Gasteiger partial charge in [-0.1, -0.05) is 86.6 Å². The van der Waals surface area contributed by atoms with Gasteiger partial charge >= 0.3 is 5.97 Å². The van der Waals surface area contributed by atoms with Crippen LogP contribution in [-0.2, 0) is 43.2 Å². The number of nitrogens with one attached hydrogen (secondary N) is 4. The summed E-state index contributed by atoms with van der Waals surface area (Å²) in [4.78, 5) is 60.3. The van der Waals surface area contributed by atoms with Crippen LogP contribution in [0, 0.1) is 11.8 Å². The number of imidazole rings is 1. The SMILES string of the molecule is COC(=O)[C@H](O)C(CC(C)C)NC(=O)C(Cc1cnc[nH]1)NC(=O)C(CC(=O)NCCc1ccccc1)Cc1cccc2ccccc12. The molecule has 11 heteroatoms. The Balaban J connectivity index is 1.56. The predicted molar refractivity (Wildman–Crippen MR) is 183 cm³/mol. The molecule has 0 aliphatic carbocycles. The lowest BCUT2D eigenvalue weighted by molar-refractivity contribution is -0.152. The van der Waals surface area contributed by atoms with E-state index in [-0.39, 0.29) is 31.1 Å². The fourth-order valence-corrected chi connectivity index (χ4v) is 5.74. The summed E-state index contributed by atoms with van der Waals surface area (Å²) < 4.78 is 4.71. The van der Waals surface area contributed by atoms with Crippen LogP contribution in [0.2, 0.25) is 0 Å². The third-order valence-electron chi connectivity index (χ3n) is 8.22. The molecule has 4 aromatic rings. The van der Waals surface area contributed by atoms with Crippen LogP contribution in [0.25, 0.3) is 10.8 Å². The van der Waals surface area contributed by atoms with Crippen molar-refractivity contribution in [1.29, 1.82) is 0 Å². The predicted octanol–water partition coefficient (Wildman–Crippen LogP) is 3.26. The lowest BCUT2D eigenvalue weighted by atomic mass is 9.91. The normalized spacial score (nSPS) is 13.7. The largest absolute Gasteiger partial charge is 0.467 e. The summed E-state index contributed by atoms with van der Waals surface area (Å²) in [5.74, 6) is -3.00. The molecule has 0 saturated heterocycles. The van der Waals surface area contributed by atoms with Gasteiger partial charge in [0.05, 0.1) is 25.4 Å². The Kier molecular flexibility index (Phi) is 13.3. The van der Waals surface area contributed by atoms with E-state index in [1.165, 1.54) is 6.33 Å². The summed E-state index contributed by atoms with van der Waals surface area (Å²) in [5.41, 5.74) is 2.58. The Hall–Kier alpha value is -5.03. The first-order chi connectivity index (χ1) is 23.1. The topological polar surface area (TPSA) is 163 Å². The number of aromatic nitrogens is 2. The Bertz CT molecular complexity index is 1640. The van der Waals surface area contributed by atoms with Crippen molar-refractivity contribution in [3.63, 3.8) is 0 Å². The number of esters is 1. The number of aromatic amines is 1. The van der Waals surface area contributed by atoms with E-state index in [1.807, 2.05) is 86.6 Å². The minimum Gasteiger partial charge on any atom is -0.467 e. The first kappa shape index (κ1) is 35.8. The van der Waals surface area contributed by atoms with Crippen molar-refractivity contribution in [2.45, 2.75) is 64.1 Å². The molecule has 4 rings (SSSR count). The monoisotopic (exact) mass is 655 g/mol. The van der Waals surface area contributed by atoms with Gasteiger partial charge in [-0.25, -0.2) is 9.78 Å². The van der Waals surface area contributed by atoms with Crippen molar-refractivity contribution in [2.24, 2.45) is 11.8 Å². The second kappa shape index (κ2) is 17.8. The van der Waals surface area contributed by atoms with Crippen molar-refractivity contribution < 1.29 is 29.0 Å². The molecule has 0 radical (unpaired) electrons. The zero-order chi connectivity index (χ0) is 34.5. The molecule has 4 atom stereocenters. The van der Waals surface area contributed by atoms with Gasteiger partial charge in [-0.3, -0.25) is 14.4 Å². The molecule has 0 aliphatic heterocycles. The maximum atomic E-state index is 14.1. The van der Waals surface area contributed by atoms with Gasteiger partial charge in [0, 0.05) is 31.3 Å². The summed E-state index contributed by atoms with van der Waals surface area (Å²) in [5, 5.41) is 21.2. The third kappa shape index (κ3) is 10.5. The van der Waals surface area contributed by atoms with Gasteiger partial charge in [0.15, 0.2) is 6.10 Å². The average molecular weight is 656 g/mol. The molecule has 0 aliphatic rings. The third-order valence-corrected chi connectivity index (χ3v) is 8.22. The van der Waals surface area contributed by atoms with Gasteiger partial charge in [-0.05, 0) is 47.1 Å². The maximum Gasteiger partial charge on any atom is 0.336 e. The maximum absolute atomic E-state index is 14.1. The molecule has 11 nitrogen and oxygen atoms in total. The number of methoxy groups -OCH3 is 1. The van der Waals surface area contributed by atoms with E-state index in [2.05, 4.69) is 25.9 Å². The van der Waals surface area contributed by atoms with Crippen LogP contribution in [0.3, 0.4) is 0 Å². The first-order valence-corrected chi connectivity index (χ1v) is 16.3. The molecule has 3 amide bonds. The van der Waals surface area contributed by atoms with E-state index >= 15 is 0 Å². The Morgan fingerprint density at radius 1 is 0.896 bits per heavy atom. The van der Waals surface area contributed by atoms with Crippen molar-refractivity contribution >= 4 is 34.5 Å². The number of carbonyl (C=O) groups excluding carboxylic acids is 4. The Labute approximate surface area is 280 Å². The lowest BCUT2D eigenvalue weighted by Gasteiger charge is -2.27. The van der Waals surface area contributed by atoms with Crippen LogP contribution in [0.4, 0.5) is 0 Å². The number of ether oxygens (including phenoxy) is 1. The van der Waals surface area contributed by atoms with Gasteiger partial charge < -0.3 is 30.8 Å². The molecule has 0 spiro atoms. The highest BCUT2D eigenvalue weighted by molar-refractivity contribution is 5.92. The van der Waals surface area contributed by atoms with Gasteiger partial charge in [0.1, 0.15) is 6.04 Å². The number of nitrogens with zero attached hydrogens (tertiary/aromatic N) is 1. The quantitative estimate of drug-likeness (QED) is 0.109. The zero-order valence-corrected chi connectivity index (χ0v) is 27.6. The molecular formula is C37H45N5O6. The number of fused-ring (bicyclic) bond motifs is 1. The molecule has 0 saturated carbocycles. The molecule has 5 N–H and O–H groups in total. The molecule has 1 aromatic heterocycles. The summed E-state index contributed by atoms with van der Waals surface area (Å²) in [6.45, 7) is 4.21. The molecule has 48 heavy (non-hydrogen) atoms. The second-order valence-electron chi connectivity index (χ2n) is 12.4. The number of carbonyl (C=O) groups is 4. The number of amides is 3. The van der Waals surface area contributed by atoms with Crippen molar-refractivity contribution in [3.05, 3.63) is 102 Å². The summed E-state index contributed by atoms with van der Waals surface area (Å²) >= 11 is 0. The van der Waals surface area contributed by atoms with Crippen LogP contribution in [0.15, 0.2) is 85.3 Å².